The second-order valence-corrected chi connectivity index (χ2v) is 4.70. The van der Waals surface area contributed by atoms with Crippen LogP contribution in [0.3, 0.4) is 0 Å². The number of nitrogens with zero attached hydrogens (tertiary/aromatic N) is 1. The van der Waals surface area contributed by atoms with E-state index in [9.17, 15) is 4.79 Å². The number of hydrogen-bond acceptors (Lipinski definition) is 2. The van der Waals surface area contributed by atoms with Gasteiger partial charge in [0.25, 0.3) is 0 Å². The average Bonchev–Trinajstić information content (AvgIpc) is 2.22. The molecule has 0 bridgehead atoms. The molecule has 0 aliphatic carbocycles. The van der Waals surface area contributed by atoms with Gasteiger partial charge in [-0.25, -0.2) is 0 Å². The monoisotopic (exact) mass is 235 g/mol. The molecular weight excluding hydrogens is 214 g/mol. The molecule has 0 aliphatic heterocycles. The van der Waals surface area contributed by atoms with Crippen molar-refractivity contribution in [3.63, 3.8) is 0 Å². The van der Waals surface area contributed by atoms with E-state index in [4.69, 9.17) is 5.11 Å². The maximum absolute atomic E-state index is 10.5. The van der Waals surface area contributed by atoms with Gasteiger partial charge in [-0.1, -0.05) is 6.07 Å². The van der Waals surface area contributed by atoms with E-state index in [1.165, 1.54) is 22.4 Å². The Hall–Kier alpha value is -1.51. The summed E-state index contributed by atoms with van der Waals surface area (Å²) in [5.41, 5.74) is 4.99. The summed E-state index contributed by atoms with van der Waals surface area (Å²) in [6, 6.07) is 4.31. The fraction of sp³-hybridized carbons (Fsp3) is 0.500. The van der Waals surface area contributed by atoms with Crippen molar-refractivity contribution >= 4 is 11.7 Å². The molecule has 94 valence electrons. The third kappa shape index (κ3) is 3.77. The van der Waals surface area contributed by atoms with Gasteiger partial charge in [0.05, 0.1) is 0 Å². The first-order chi connectivity index (χ1) is 7.91. The van der Waals surface area contributed by atoms with Crippen molar-refractivity contribution in [1.82, 2.24) is 0 Å². The fourth-order valence-corrected chi connectivity index (χ4v) is 1.97. The number of hydrogen-bond donors (Lipinski definition) is 1. The highest BCUT2D eigenvalue weighted by Gasteiger charge is 2.06. The van der Waals surface area contributed by atoms with Crippen molar-refractivity contribution in [2.45, 2.75) is 33.1 Å². The summed E-state index contributed by atoms with van der Waals surface area (Å²) in [4.78, 5) is 12.6. The molecule has 0 saturated heterocycles. The molecule has 3 nitrogen and oxygen atoms in total. The Bertz CT molecular complexity index is 411. The minimum Gasteiger partial charge on any atom is -0.481 e. The molecule has 0 aromatic heterocycles. The Morgan fingerprint density at radius 2 is 1.94 bits per heavy atom. The van der Waals surface area contributed by atoms with Crippen LogP contribution in [0, 0.1) is 13.8 Å². The molecule has 1 N–H and O–H groups in total. The molecule has 0 radical (unpaired) electrons. The molecule has 0 saturated carbocycles. The van der Waals surface area contributed by atoms with E-state index < -0.39 is 5.97 Å². The molecule has 0 fully saturated rings. The van der Waals surface area contributed by atoms with E-state index >= 15 is 0 Å². The molecule has 1 aromatic carbocycles. The number of rotatable bonds is 5. The lowest BCUT2D eigenvalue weighted by molar-refractivity contribution is -0.137. The first-order valence-electron chi connectivity index (χ1n) is 5.91. The second kappa shape index (κ2) is 5.71. The molecule has 0 amide bonds. The van der Waals surface area contributed by atoms with E-state index in [1.54, 1.807) is 0 Å². The van der Waals surface area contributed by atoms with Crippen LogP contribution in [0.5, 0.6) is 0 Å². The maximum Gasteiger partial charge on any atom is 0.303 e. The van der Waals surface area contributed by atoms with Crippen molar-refractivity contribution < 1.29 is 9.90 Å². The van der Waals surface area contributed by atoms with Gasteiger partial charge in [0.1, 0.15) is 0 Å². The van der Waals surface area contributed by atoms with Gasteiger partial charge in [0, 0.05) is 26.2 Å². The Balaban J connectivity index is 2.83. The summed E-state index contributed by atoms with van der Waals surface area (Å²) in [7, 11) is 4.06. The number of aliphatic carboxylic acids is 1. The predicted octanol–water partition coefficient (Wildman–Crippen LogP) is 2.78. The lowest BCUT2D eigenvalue weighted by Crippen LogP contribution is -2.11. The third-order valence-electron chi connectivity index (χ3n) is 3.04. The number of carboxylic acids is 1. The summed E-state index contributed by atoms with van der Waals surface area (Å²) >= 11 is 0. The van der Waals surface area contributed by atoms with Crippen molar-refractivity contribution in [2.24, 2.45) is 0 Å². The molecule has 0 heterocycles. The van der Waals surface area contributed by atoms with E-state index in [1.807, 2.05) is 14.1 Å². The van der Waals surface area contributed by atoms with E-state index in [0.29, 0.717) is 6.42 Å². The largest absolute Gasteiger partial charge is 0.481 e. The Kier molecular flexibility index (Phi) is 4.55. The van der Waals surface area contributed by atoms with Gasteiger partial charge in [0.15, 0.2) is 0 Å². The first-order valence-corrected chi connectivity index (χ1v) is 5.91. The van der Waals surface area contributed by atoms with Gasteiger partial charge in [-0.05, 0) is 49.4 Å². The highest BCUT2D eigenvalue weighted by atomic mass is 16.4. The van der Waals surface area contributed by atoms with E-state index in [0.717, 1.165) is 6.42 Å². The van der Waals surface area contributed by atoms with E-state index in [2.05, 4.69) is 30.9 Å². The van der Waals surface area contributed by atoms with Crippen LogP contribution in [-0.2, 0) is 11.2 Å². The summed E-state index contributed by atoms with van der Waals surface area (Å²) in [6.07, 6.45) is 1.77. The zero-order valence-corrected chi connectivity index (χ0v) is 11.1. The minimum atomic E-state index is -0.721. The predicted molar refractivity (Wildman–Crippen MR) is 70.8 cm³/mol. The molecule has 0 unspecified atom stereocenters. The van der Waals surface area contributed by atoms with Crippen LogP contribution in [0.15, 0.2) is 12.1 Å². The quantitative estimate of drug-likeness (QED) is 0.853. The van der Waals surface area contributed by atoms with Crippen molar-refractivity contribution in [3.05, 3.63) is 28.8 Å². The number of carboxylic acid groups (broad SMARTS) is 1. The van der Waals surface area contributed by atoms with Crippen LogP contribution in [0.2, 0.25) is 0 Å². The Labute approximate surface area is 103 Å². The SMILES string of the molecule is Cc1cc(CCCC(=O)O)cc(N(C)C)c1C. The summed E-state index contributed by atoms with van der Waals surface area (Å²) in [5, 5.41) is 8.62. The summed E-state index contributed by atoms with van der Waals surface area (Å²) < 4.78 is 0. The summed E-state index contributed by atoms with van der Waals surface area (Å²) in [5.74, 6) is -0.721. The zero-order chi connectivity index (χ0) is 13.0. The smallest absolute Gasteiger partial charge is 0.303 e. The molecule has 0 spiro atoms. The van der Waals surface area contributed by atoms with Crippen LogP contribution in [0.1, 0.15) is 29.5 Å². The lowest BCUT2D eigenvalue weighted by atomic mass is 10.00. The average molecular weight is 235 g/mol. The third-order valence-corrected chi connectivity index (χ3v) is 3.04. The van der Waals surface area contributed by atoms with Crippen molar-refractivity contribution in [3.8, 4) is 0 Å². The van der Waals surface area contributed by atoms with E-state index in [-0.39, 0.29) is 6.42 Å². The van der Waals surface area contributed by atoms with Crippen LogP contribution < -0.4 is 4.90 Å². The zero-order valence-electron chi connectivity index (χ0n) is 11.1. The van der Waals surface area contributed by atoms with Crippen LogP contribution in [0.25, 0.3) is 0 Å². The first kappa shape index (κ1) is 13.6. The standard InChI is InChI=1S/C14H21NO2/c1-10-8-12(6-5-7-14(16)17)9-13(11(10)2)15(3)4/h8-9H,5-7H2,1-4H3,(H,16,17). The Morgan fingerprint density at radius 1 is 1.29 bits per heavy atom. The second-order valence-electron chi connectivity index (χ2n) is 4.70. The van der Waals surface area contributed by atoms with Crippen molar-refractivity contribution in [1.29, 1.82) is 0 Å². The molecule has 1 rings (SSSR count). The van der Waals surface area contributed by atoms with Crippen LogP contribution >= 0.6 is 0 Å². The minimum absolute atomic E-state index is 0.240. The highest BCUT2D eigenvalue weighted by Crippen LogP contribution is 2.24. The summed E-state index contributed by atoms with van der Waals surface area (Å²) in [6.45, 7) is 4.22. The number of benzene rings is 1. The fourth-order valence-electron chi connectivity index (χ4n) is 1.97. The van der Waals surface area contributed by atoms with Crippen molar-refractivity contribution in [2.75, 3.05) is 19.0 Å². The van der Waals surface area contributed by atoms with Gasteiger partial charge in [-0.15, -0.1) is 0 Å². The van der Waals surface area contributed by atoms with Crippen LogP contribution in [-0.4, -0.2) is 25.2 Å². The number of anilines is 1. The normalized spacial score (nSPS) is 10.4. The van der Waals surface area contributed by atoms with Gasteiger partial charge < -0.3 is 10.0 Å². The molecule has 0 atom stereocenters. The molecule has 1 aromatic rings. The van der Waals surface area contributed by atoms with Crippen LogP contribution in [0.4, 0.5) is 5.69 Å². The van der Waals surface area contributed by atoms with Gasteiger partial charge in [-0.3, -0.25) is 4.79 Å². The molecule has 3 heteroatoms. The maximum atomic E-state index is 10.5. The van der Waals surface area contributed by atoms with Gasteiger partial charge >= 0.3 is 5.97 Å². The van der Waals surface area contributed by atoms with Gasteiger partial charge in [0.2, 0.25) is 0 Å². The lowest BCUT2D eigenvalue weighted by Gasteiger charge is -2.19. The van der Waals surface area contributed by atoms with Gasteiger partial charge in [-0.2, -0.15) is 0 Å². The highest BCUT2D eigenvalue weighted by molar-refractivity contribution is 5.66. The number of carbonyl (C=O) groups is 1. The molecule has 0 aliphatic rings. The topological polar surface area (TPSA) is 40.5 Å². The number of aryl methyl sites for hydroxylation is 2. The Morgan fingerprint density at radius 3 is 2.47 bits per heavy atom. The molecule has 17 heavy (non-hydrogen) atoms. The molecular formula is C14H21NO2.